The van der Waals surface area contributed by atoms with Gasteiger partial charge in [0, 0.05) is 4.88 Å². The average molecular weight is 342 g/mol. The third-order valence-electron chi connectivity index (χ3n) is 4.09. The number of hydrogen-bond donors (Lipinski definition) is 1. The van der Waals surface area contributed by atoms with E-state index < -0.39 is 12.1 Å². The number of aryl methyl sites for hydroxylation is 3. The van der Waals surface area contributed by atoms with Crippen LogP contribution in [0.25, 0.3) is 10.2 Å². The van der Waals surface area contributed by atoms with Gasteiger partial charge in [-0.1, -0.05) is 18.2 Å². The number of carbonyl (C=O) groups is 1. The van der Waals surface area contributed by atoms with E-state index in [0.29, 0.717) is 21.6 Å². The number of carbonyl (C=O) groups excluding carboxylic acids is 1. The van der Waals surface area contributed by atoms with E-state index in [9.17, 15) is 9.59 Å². The van der Waals surface area contributed by atoms with Gasteiger partial charge in [-0.15, -0.1) is 11.3 Å². The minimum Gasteiger partial charge on any atom is -0.451 e. The van der Waals surface area contributed by atoms with E-state index in [4.69, 9.17) is 4.74 Å². The smallest absolute Gasteiger partial charge is 0.339 e. The Bertz CT molecular complexity index is 988. The molecule has 1 aromatic carbocycles. The van der Waals surface area contributed by atoms with Crippen LogP contribution in [0.5, 0.6) is 0 Å². The number of hydrogen-bond acceptors (Lipinski definition) is 5. The fourth-order valence-corrected chi connectivity index (χ4v) is 3.58. The number of H-pyrrole nitrogens is 1. The minimum atomic E-state index is -0.642. The Hall–Kier alpha value is -2.47. The molecule has 1 atom stereocenters. The van der Waals surface area contributed by atoms with E-state index >= 15 is 0 Å². The Morgan fingerprint density at radius 1 is 1.25 bits per heavy atom. The van der Waals surface area contributed by atoms with Gasteiger partial charge in [-0.05, 0) is 44.9 Å². The number of nitrogens with one attached hydrogen (secondary N) is 1. The Labute approximate surface area is 143 Å². The van der Waals surface area contributed by atoms with Crippen molar-refractivity contribution in [2.45, 2.75) is 33.8 Å². The van der Waals surface area contributed by atoms with E-state index in [-0.39, 0.29) is 5.56 Å². The summed E-state index contributed by atoms with van der Waals surface area (Å²) in [6, 6.07) is 7.22. The summed E-state index contributed by atoms with van der Waals surface area (Å²) in [5, 5.41) is 0.610. The highest BCUT2D eigenvalue weighted by molar-refractivity contribution is 7.18. The molecule has 5 nitrogen and oxygen atoms in total. The lowest BCUT2D eigenvalue weighted by molar-refractivity contribution is 0.0319. The summed E-state index contributed by atoms with van der Waals surface area (Å²) >= 11 is 1.47. The van der Waals surface area contributed by atoms with Gasteiger partial charge in [0.25, 0.3) is 5.56 Å². The van der Waals surface area contributed by atoms with Crippen LogP contribution in [0, 0.1) is 20.8 Å². The van der Waals surface area contributed by atoms with Crippen LogP contribution in [0.4, 0.5) is 0 Å². The Balaban J connectivity index is 1.92. The van der Waals surface area contributed by atoms with Gasteiger partial charge in [-0.2, -0.15) is 0 Å². The zero-order valence-corrected chi connectivity index (χ0v) is 14.8. The molecule has 0 saturated heterocycles. The molecule has 0 saturated carbocycles. The Kier molecular flexibility index (Phi) is 4.24. The van der Waals surface area contributed by atoms with Crippen molar-refractivity contribution in [3.8, 4) is 0 Å². The second-order valence-corrected chi connectivity index (χ2v) is 6.98. The van der Waals surface area contributed by atoms with E-state index in [1.54, 1.807) is 19.1 Å². The van der Waals surface area contributed by atoms with Crippen molar-refractivity contribution in [3.05, 3.63) is 62.0 Å². The molecule has 3 aromatic rings. The maximum Gasteiger partial charge on any atom is 0.339 e. The quantitative estimate of drug-likeness (QED) is 0.734. The summed E-state index contributed by atoms with van der Waals surface area (Å²) in [6.07, 6.45) is -0.642. The van der Waals surface area contributed by atoms with Gasteiger partial charge in [0.15, 0.2) is 11.9 Å². The second kappa shape index (κ2) is 6.20. The van der Waals surface area contributed by atoms with E-state index in [0.717, 1.165) is 16.0 Å². The molecule has 0 fully saturated rings. The SMILES string of the molecule is Cc1ccccc1C(=O)OC(C)c1nc2sc(C)c(C)c2c(=O)[nH]1. The second-order valence-electron chi connectivity index (χ2n) is 5.78. The van der Waals surface area contributed by atoms with Gasteiger partial charge in [0.1, 0.15) is 4.83 Å². The van der Waals surface area contributed by atoms with Crippen LogP contribution in [0.15, 0.2) is 29.1 Å². The number of esters is 1. The monoisotopic (exact) mass is 342 g/mol. The van der Waals surface area contributed by atoms with Crippen molar-refractivity contribution >= 4 is 27.5 Å². The number of thiophene rings is 1. The zero-order chi connectivity index (χ0) is 17.4. The number of nitrogens with zero attached hydrogens (tertiary/aromatic N) is 1. The Morgan fingerprint density at radius 2 is 1.96 bits per heavy atom. The van der Waals surface area contributed by atoms with Gasteiger partial charge >= 0.3 is 5.97 Å². The van der Waals surface area contributed by atoms with Crippen LogP contribution in [0.3, 0.4) is 0 Å². The first kappa shape index (κ1) is 16.4. The van der Waals surface area contributed by atoms with E-state index in [1.807, 2.05) is 32.9 Å². The lowest BCUT2D eigenvalue weighted by Crippen LogP contribution is -2.17. The topological polar surface area (TPSA) is 72.0 Å². The Morgan fingerprint density at radius 3 is 2.67 bits per heavy atom. The first-order chi connectivity index (χ1) is 11.4. The molecule has 2 heterocycles. The average Bonchev–Trinajstić information content (AvgIpc) is 2.82. The molecule has 0 aliphatic carbocycles. The van der Waals surface area contributed by atoms with E-state index in [2.05, 4.69) is 9.97 Å². The summed E-state index contributed by atoms with van der Waals surface area (Å²) in [5.74, 6) is -0.0717. The number of aromatic amines is 1. The summed E-state index contributed by atoms with van der Waals surface area (Å²) in [5.41, 5.74) is 2.10. The first-order valence-electron chi connectivity index (χ1n) is 7.65. The fraction of sp³-hybridized carbons (Fsp3) is 0.278. The van der Waals surface area contributed by atoms with Crippen molar-refractivity contribution in [2.75, 3.05) is 0 Å². The van der Waals surface area contributed by atoms with Crippen LogP contribution >= 0.6 is 11.3 Å². The summed E-state index contributed by atoms with van der Waals surface area (Å²) < 4.78 is 5.48. The molecular weight excluding hydrogens is 324 g/mol. The molecule has 1 N–H and O–H groups in total. The van der Waals surface area contributed by atoms with Crippen LogP contribution in [0.2, 0.25) is 0 Å². The van der Waals surface area contributed by atoms with Crippen molar-refractivity contribution in [1.82, 2.24) is 9.97 Å². The van der Waals surface area contributed by atoms with Gasteiger partial charge < -0.3 is 9.72 Å². The van der Waals surface area contributed by atoms with Gasteiger partial charge in [0.2, 0.25) is 0 Å². The molecule has 0 radical (unpaired) electrons. The molecule has 1 unspecified atom stereocenters. The first-order valence-corrected chi connectivity index (χ1v) is 8.46. The third-order valence-corrected chi connectivity index (χ3v) is 5.19. The normalized spacial score (nSPS) is 12.3. The number of ether oxygens (including phenoxy) is 1. The molecule has 124 valence electrons. The van der Waals surface area contributed by atoms with Crippen molar-refractivity contribution in [1.29, 1.82) is 0 Å². The maximum atomic E-state index is 12.3. The highest BCUT2D eigenvalue weighted by atomic mass is 32.1. The van der Waals surface area contributed by atoms with Gasteiger partial charge in [-0.3, -0.25) is 4.79 Å². The van der Waals surface area contributed by atoms with E-state index in [1.165, 1.54) is 11.3 Å². The third kappa shape index (κ3) is 2.85. The molecule has 2 aromatic heterocycles. The molecule has 0 aliphatic heterocycles. The molecule has 24 heavy (non-hydrogen) atoms. The highest BCUT2D eigenvalue weighted by Crippen LogP contribution is 2.27. The standard InChI is InChI=1S/C18H18N2O3S/c1-9-7-5-6-8-13(9)18(22)23-11(3)15-19-16(21)14-10(2)12(4)24-17(14)20-15/h5-8,11H,1-4H3,(H,19,20,21). The predicted octanol–water partition coefficient (Wildman–Crippen LogP) is 3.83. The molecule has 3 rings (SSSR count). The number of benzene rings is 1. The summed E-state index contributed by atoms with van der Waals surface area (Å²) in [4.78, 5) is 33.6. The predicted molar refractivity (Wildman–Crippen MR) is 94.7 cm³/mol. The van der Waals surface area contributed by atoms with Crippen LogP contribution in [-0.2, 0) is 4.74 Å². The molecule has 0 aliphatic rings. The molecule has 6 heteroatoms. The lowest BCUT2D eigenvalue weighted by atomic mass is 10.1. The molecule has 0 amide bonds. The van der Waals surface area contributed by atoms with Crippen LogP contribution in [0.1, 0.15) is 45.2 Å². The maximum absolute atomic E-state index is 12.3. The minimum absolute atomic E-state index is 0.198. The van der Waals surface area contributed by atoms with Gasteiger partial charge in [-0.25, -0.2) is 9.78 Å². The summed E-state index contributed by atoms with van der Waals surface area (Å²) in [6.45, 7) is 7.42. The van der Waals surface area contributed by atoms with Crippen LogP contribution < -0.4 is 5.56 Å². The number of fused-ring (bicyclic) bond motifs is 1. The molecule has 0 bridgehead atoms. The van der Waals surface area contributed by atoms with Crippen molar-refractivity contribution in [2.24, 2.45) is 0 Å². The molecule has 0 spiro atoms. The number of aromatic nitrogens is 2. The highest BCUT2D eigenvalue weighted by Gasteiger charge is 2.19. The van der Waals surface area contributed by atoms with Crippen LogP contribution in [-0.4, -0.2) is 15.9 Å². The number of rotatable bonds is 3. The molecular formula is C18H18N2O3S. The van der Waals surface area contributed by atoms with Crippen molar-refractivity contribution < 1.29 is 9.53 Å². The van der Waals surface area contributed by atoms with Crippen molar-refractivity contribution in [3.63, 3.8) is 0 Å². The zero-order valence-electron chi connectivity index (χ0n) is 14.0. The van der Waals surface area contributed by atoms with Gasteiger partial charge in [0.05, 0.1) is 10.9 Å². The fourth-order valence-electron chi connectivity index (χ4n) is 2.55. The lowest BCUT2D eigenvalue weighted by Gasteiger charge is -2.13. The largest absolute Gasteiger partial charge is 0.451 e. The summed E-state index contributed by atoms with van der Waals surface area (Å²) in [7, 11) is 0.